The van der Waals surface area contributed by atoms with Crippen molar-refractivity contribution < 1.29 is 4.74 Å². The van der Waals surface area contributed by atoms with Gasteiger partial charge in [0.15, 0.2) is 0 Å². The highest BCUT2D eigenvalue weighted by Gasteiger charge is 2.27. The zero-order valence-electron chi connectivity index (χ0n) is 10.6. The first-order valence-electron chi connectivity index (χ1n) is 6.39. The summed E-state index contributed by atoms with van der Waals surface area (Å²) < 4.78 is 6.29. The fourth-order valence-electron chi connectivity index (χ4n) is 1.91. The van der Waals surface area contributed by atoms with Gasteiger partial charge in [0.2, 0.25) is 0 Å². The van der Waals surface area contributed by atoms with E-state index in [4.69, 9.17) is 4.74 Å². The summed E-state index contributed by atoms with van der Waals surface area (Å²) >= 11 is 3.45. The van der Waals surface area contributed by atoms with Crippen LogP contribution in [-0.4, -0.2) is 21.6 Å². The second kappa shape index (κ2) is 5.25. The monoisotopic (exact) mass is 319 g/mol. The molecule has 0 saturated heterocycles. The highest BCUT2D eigenvalue weighted by molar-refractivity contribution is 9.10. The first-order chi connectivity index (χ1) is 9.26. The van der Waals surface area contributed by atoms with Crippen LogP contribution in [0.25, 0.3) is 11.3 Å². The lowest BCUT2D eigenvalue weighted by Gasteiger charge is -2.07. The third-order valence-corrected chi connectivity index (χ3v) is 3.38. The average Bonchev–Trinajstić information content (AvgIpc) is 3.23. The van der Waals surface area contributed by atoms with Crippen LogP contribution in [0, 0.1) is 0 Å². The molecule has 1 aliphatic carbocycles. The fraction of sp³-hybridized carbons (Fsp3) is 0.357. The van der Waals surface area contributed by atoms with E-state index in [0.717, 1.165) is 27.4 Å². The first kappa shape index (κ1) is 12.5. The van der Waals surface area contributed by atoms with Gasteiger partial charge in [0, 0.05) is 17.7 Å². The van der Waals surface area contributed by atoms with Gasteiger partial charge in [-0.1, -0.05) is 0 Å². The summed E-state index contributed by atoms with van der Waals surface area (Å²) in [5.74, 6) is 2.22. The van der Waals surface area contributed by atoms with E-state index in [1.165, 1.54) is 12.8 Å². The highest BCUT2D eigenvalue weighted by Crippen LogP contribution is 2.39. The summed E-state index contributed by atoms with van der Waals surface area (Å²) in [5, 5.41) is 0. The van der Waals surface area contributed by atoms with Crippen molar-refractivity contribution in [1.29, 1.82) is 0 Å². The number of pyridine rings is 1. The predicted molar refractivity (Wildman–Crippen MR) is 76.1 cm³/mol. The van der Waals surface area contributed by atoms with E-state index in [1.807, 2.05) is 19.1 Å². The van der Waals surface area contributed by atoms with Gasteiger partial charge in [0.1, 0.15) is 16.2 Å². The van der Waals surface area contributed by atoms with Crippen molar-refractivity contribution in [3.05, 3.63) is 35.0 Å². The molecule has 0 unspecified atom stereocenters. The molecule has 2 aromatic heterocycles. The number of hydrogen-bond acceptors (Lipinski definition) is 4. The molecule has 98 valence electrons. The van der Waals surface area contributed by atoms with Gasteiger partial charge < -0.3 is 4.74 Å². The molecule has 1 fully saturated rings. The van der Waals surface area contributed by atoms with Gasteiger partial charge in [-0.15, -0.1) is 0 Å². The number of hydrogen-bond donors (Lipinski definition) is 0. The lowest BCUT2D eigenvalue weighted by atomic mass is 10.2. The van der Waals surface area contributed by atoms with E-state index < -0.39 is 0 Å². The Bertz CT molecular complexity index is 599. The smallest absolute Gasteiger partial charge is 0.138 e. The zero-order chi connectivity index (χ0) is 13.2. The highest BCUT2D eigenvalue weighted by atomic mass is 79.9. The molecular formula is C14H14BrN3O. The molecule has 0 bridgehead atoms. The summed E-state index contributed by atoms with van der Waals surface area (Å²) in [6.07, 6.45) is 5.89. The van der Waals surface area contributed by atoms with Crippen molar-refractivity contribution >= 4 is 15.9 Å². The maximum Gasteiger partial charge on any atom is 0.138 e. The molecule has 3 rings (SSSR count). The molecule has 4 nitrogen and oxygen atoms in total. The predicted octanol–water partition coefficient (Wildman–Crippen LogP) is 3.58. The largest absolute Gasteiger partial charge is 0.492 e. The summed E-state index contributed by atoms with van der Waals surface area (Å²) in [6, 6.07) is 3.88. The SMILES string of the molecule is CCOc1cncc(-c2cc(Br)nc(C3CC3)n2)c1. The van der Waals surface area contributed by atoms with Gasteiger partial charge in [-0.3, -0.25) is 4.98 Å². The van der Waals surface area contributed by atoms with E-state index >= 15 is 0 Å². The maximum absolute atomic E-state index is 5.47. The van der Waals surface area contributed by atoms with E-state index in [9.17, 15) is 0 Å². The Kier molecular flexibility index (Phi) is 3.46. The van der Waals surface area contributed by atoms with Crippen molar-refractivity contribution in [2.24, 2.45) is 0 Å². The number of nitrogens with zero attached hydrogens (tertiary/aromatic N) is 3. The minimum Gasteiger partial charge on any atom is -0.492 e. The van der Waals surface area contributed by atoms with Gasteiger partial charge in [0.25, 0.3) is 0 Å². The topological polar surface area (TPSA) is 47.9 Å². The van der Waals surface area contributed by atoms with Gasteiger partial charge in [0.05, 0.1) is 18.5 Å². The Balaban J connectivity index is 1.98. The Morgan fingerprint density at radius 3 is 2.84 bits per heavy atom. The third kappa shape index (κ3) is 2.92. The number of aromatic nitrogens is 3. The molecule has 0 atom stereocenters. The van der Waals surface area contributed by atoms with Crippen LogP contribution in [0.4, 0.5) is 0 Å². The molecule has 19 heavy (non-hydrogen) atoms. The number of ether oxygens (including phenoxy) is 1. The van der Waals surface area contributed by atoms with Crippen LogP contribution >= 0.6 is 15.9 Å². The lowest BCUT2D eigenvalue weighted by molar-refractivity contribution is 0.339. The Morgan fingerprint density at radius 1 is 1.26 bits per heavy atom. The quantitative estimate of drug-likeness (QED) is 0.808. The van der Waals surface area contributed by atoms with Crippen LogP contribution in [0.1, 0.15) is 31.5 Å². The molecule has 5 heteroatoms. The fourth-order valence-corrected chi connectivity index (χ4v) is 2.31. The Morgan fingerprint density at radius 2 is 2.11 bits per heavy atom. The van der Waals surface area contributed by atoms with Crippen LogP contribution < -0.4 is 4.74 Å². The molecule has 0 aromatic carbocycles. The van der Waals surface area contributed by atoms with E-state index in [2.05, 4.69) is 30.9 Å². The molecule has 0 amide bonds. The van der Waals surface area contributed by atoms with Crippen molar-refractivity contribution in [3.8, 4) is 17.0 Å². The van der Waals surface area contributed by atoms with Gasteiger partial charge >= 0.3 is 0 Å². The van der Waals surface area contributed by atoms with Crippen molar-refractivity contribution in [3.63, 3.8) is 0 Å². The molecule has 0 aliphatic heterocycles. The lowest BCUT2D eigenvalue weighted by Crippen LogP contribution is -1.97. The van der Waals surface area contributed by atoms with Crippen LogP contribution in [-0.2, 0) is 0 Å². The molecule has 2 heterocycles. The molecule has 1 aliphatic rings. The van der Waals surface area contributed by atoms with E-state index in [-0.39, 0.29) is 0 Å². The molecule has 0 spiro atoms. The van der Waals surface area contributed by atoms with Crippen molar-refractivity contribution in [2.75, 3.05) is 6.61 Å². The van der Waals surface area contributed by atoms with Crippen LogP contribution in [0.2, 0.25) is 0 Å². The van der Waals surface area contributed by atoms with E-state index in [0.29, 0.717) is 12.5 Å². The standard InChI is InChI=1S/C14H14BrN3O/c1-2-19-11-5-10(7-16-8-11)12-6-13(15)18-14(17-12)9-3-4-9/h5-9H,2-4H2,1H3. The van der Waals surface area contributed by atoms with Crippen LogP contribution in [0.15, 0.2) is 29.1 Å². The number of rotatable bonds is 4. The third-order valence-electron chi connectivity index (χ3n) is 2.97. The Labute approximate surface area is 120 Å². The second-order valence-electron chi connectivity index (χ2n) is 4.55. The molecule has 1 saturated carbocycles. The summed E-state index contributed by atoms with van der Waals surface area (Å²) in [7, 11) is 0. The maximum atomic E-state index is 5.47. The normalized spacial score (nSPS) is 14.4. The number of halogens is 1. The average molecular weight is 320 g/mol. The second-order valence-corrected chi connectivity index (χ2v) is 5.36. The molecule has 0 radical (unpaired) electrons. The van der Waals surface area contributed by atoms with E-state index in [1.54, 1.807) is 12.4 Å². The zero-order valence-corrected chi connectivity index (χ0v) is 12.2. The summed E-state index contributed by atoms with van der Waals surface area (Å²) in [6.45, 7) is 2.59. The molecule has 0 N–H and O–H groups in total. The first-order valence-corrected chi connectivity index (χ1v) is 7.18. The van der Waals surface area contributed by atoms with Gasteiger partial charge in [-0.25, -0.2) is 9.97 Å². The van der Waals surface area contributed by atoms with Gasteiger partial charge in [-0.2, -0.15) is 0 Å². The van der Waals surface area contributed by atoms with Crippen LogP contribution in [0.3, 0.4) is 0 Å². The minimum absolute atomic E-state index is 0.527. The summed E-state index contributed by atoms with van der Waals surface area (Å²) in [5.41, 5.74) is 1.84. The van der Waals surface area contributed by atoms with Crippen molar-refractivity contribution in [2.45, 2.75) is 25.7 Å². The molecule has 2 aromatic rings. The van der Waals surface area contributed by atoms with Crippen LogP contribution in [0.5, 0.6) is 5.75 Å². The minimum atomic E-state index is 0.527. The molecular weight excluding hydrogens is 306 g/mol. The van der Waals surface area contributed by atoms with Gasteiger partial charge in [-0.05, 0) is 47.8 Å². The van der Waals surface area contributed by atoms with Crippen molar-refractivity contribution in [1.82, 2.24) is 15.0 Å². The summed E-state index contributed by atoms with van der Waals surface area (Å²) in [4.78, 5) is 13.3. The Hall–Kier alpha value is -1.49.